The second-order valence-electron chi connectivity index (χ2n) is 5.37. The predicted octanol–water partition coefficient (Wildman–Crippen LogP) is 5.39. The first-order valence-corrected chi connectivity index (χ1v) is 7.78. The number of allylic oxidation sites excluding steroid dienone is 16. The third kappa shape index (κ3) is 13.0. The summed E-state index contributed by atoms with van der Waals surface area (Å²) in [7, 11) is 0. The summed E-state index contributed by atoms with van der Waals surface area (Å²) in [5.41, 5.74) is 3.60. The van der Waals surface area contributed by atoms with E-state index in [9.17, 15) is 9.59 Å². The highest BCUT2D eigenvalue weighted by atomic mass is 16.1. The molecular weight excluding hydrogens is 296 g/mol. The maximum atomic E-state index is 10.4. The Labute approximate surface area is 145 Å². The molecule has 0 bridgehead atoms. The molecule has 0 amide bonds. The zero-order valence-electron chi connectivity index (χ0n) is 14.9. The van der Waals surface area contributed by atoms with Gasteiger partial charge in [-0.25, -0.2) is 0 Å². The van der Waals surface area contributed by atoms with Crippen molar-refractivity contribution in [3.63, 3.8) is 0 Å². The van der Waals surface area contributed by atoms with Crippen LogP contribution in [0, 0.1) is 0 Å². The number of carbonyl (C=O) groups excluding carboxylic acids is 2. The Hall–Kier alpha value is -2.74. The van der Waals surface area contributed by atoms with Gasteiger partial charge in [0.2, 0.25) is 0 Å². The molecular formula is C22H26O2. The van der Waals surface area contributed by atoms with Crippen LogP contribution in [0.15, 0.2) is 95.2 Å². The molecule has 0 aromatic rings. The van der Waals surface area contributed by atoms with Crippen molar-refractivity contribution in [2.75, 3.05) is 0 Å². The quantitative estimate of drug-likeness (QED) is 0.324. The van der Waals surface area contributed by atoms with Gasteiger partial charge in [0.05, 0.1) is 0 Å². The van der Waals surface area contributed by atoms with Crippen LogP contribution < -0.4 is 0 Å². The molecule has 0 aliphatic heterocycles. The molecule has 0 atom stereocenters. The molecule has 0 radical (unpaired) electrons. The number of hydrogen-bond donors (Lipinski definition) is 0. The fourth-order valence-corrected chi connectivity index (χ4v) is 1.44. The Morgan fingerprint density at radius 2 is 0.792 bits per heavy atom. The average molecular weight is 322 g/mol. The van der Waals surface area contributed by atoms with E-state index in [1.165, 1.54) is 0 Å². The summed E-state index contributed by atoms with van der Waals surface area (Å²) in [6.45, 7) is 7.54. The number of aldehydes is 2. The van der Waals surface area contributed by atoms with Gasteiger partial charge in [-0.2, -0.15) is 0 Å². The van der Waals surface area contributed by atoms with Crippen molar-refractivity contribution >= 4 is 12.6 Å². The van der Waals surface area contributed by atoms with Gasteiger partial charge in [0.25, 0.3) is 0 Å². The summed E-state index contributed by atoms with van der Waals surface area (Å²) >= 11 is 0. The molecule has 0 spiro atoms. The van der Waals surface area contributed by atoms with Gasteiger partial charge in [-0.3, -0.25) is 9.59 Å². The molecule has 126 valence electrons. The lowest BCUT2D eigenvalue weighted by molar-refractivity contribution is -0.105. The summed E-state index contributed by atoms with van der Waals surface area (Å²) in [4.78, 5) is 20.9. The lowest BCUT2D eigenvalue weighted by Crippen LogP contribution is -1.73. The van der Waals surface area contributed by atoms with E-state index in [4.69, 9.17) is 0 Å². The smallest absolute Gasteiger partial charge is 0.145 e. The number of rotatable bonds is 9. The molecule has 0 aromatic carbocycles. The topological polar surface area (TPSA) is 34.1 Å². The summed E-state index contributed by atoms with van der Waals surface area (Å²) in [6.07, 6.45) is 24.7. The van der Waals surface area contributed by atoms with Crippen LogP contribution in [0.3, 0.4) is 0 Å². The van der Waals surface area contributed by atoms with Crippen LogP contribution in [0.25, 0.3) is 0 Å². The van der Waals surface area contributed by atoms with Gasteiger partial charge in [-0.1, -0.05) is 84.1 Å². The molecule has 0 rings (SSSR count). The van der Waals surface area contributed by atoms with E-state index < -0.39 is 0 Å². The highest BCUT2D eigenvalue weighted by Gasteiger charge is 1.81. The summed E-state index contributed by atoms with van der Waals surface area (Å²) in [5, 5.41) is 0. The van der Waals surface area contributed by atoms with Crippen LogP contribution in [0.2, 0.25) is 0 Å². The fourth-order valence-electron chi connectivity index (χ4n) is 1.44. The molecule has 2 heteroatoms. The van der Waals surface area contributed by atoms with Crippen molar-refractivity contribution in [3.05, 3.63) is 95.2 Å². The lowest BCUT2D eigenvalue weighted by atomic mass is 10.2. The number of carbonyl (C=O) groups is 2. The van der Waals surface area contributed by atoms with E-state index in [1.807, 2.05) is 74.6 Å². The normalized spacial score (nSPS) is 15.3. The molecule has 2 nitrogen and oxygen atoms in total. The first-order valence-electron chi connectivity index (χ1n) is 7.78. The van der Waals surface area contributed by atoms with E-state index in [0.717, 1.165) is 23.7 Å². The molecule has 0 saturated heterocycles. The second-order valence-corrected chi connectivity index (χ2v) is 5.37. The average Bonchev–Trinajstić information content (AvgIpc) is 2.57. The Kier molecular flexibility index (Phi) is 12.3. The summed E-state index contributed by atoms with van der Waals surface area (Å²) in [6, 6.07) is 0. The largest absolute Gasteiger partial charge is 0.298 e. The molecule has 0 aliphatic carbocycles. The summed E-state index contributed by atoms with van der Waals surface area (Å²) < 4.78 is 0. The standard InChI is InChI=1S/C22H26O2/c1-19(13-9-15-21(3)17-23)11-7-5-6-8-12-20(2)14-10-16-22(4)18-24/h5-18H,1-4H3/b7-5+,8-6+,13-9+,14-10+,19-11+,20-12+,21-15+,22-16+. The van der Waals surface area contributed by atoms with E-state index in [0.29, 0.717) is 11.1 Å². The first-order chi connectivity index (χ1) is 11.5. The Bertz CT molecular complexity index is 587. The first kappa shape index (κ1) is 21.3. The van der Waals surface area contributed by atoms with Gasteiger partial charge >= 0.3 is 0 Å². The zero-order valence-corrected chi connectivity index (χ0v) is 14.9. The van der Waals surface area contributed by atoms with Gasteiger partial charge in [0, 0.05) is 0 Å². The van der Waals surface area contributed by atoms with Crippen LogP contribution in [0.1, 0.15) is 27.7 Å². The highest BCUT2D eigenvalue weighted by molar-refractivity contribution is 5.73. The van der Waals surface area contributed by atoms with Gasteiger partial charge in [-0.15, -0.1) is 0 Å². The third-order valence-electron chi connectivity index (χ3n) is 2.86. The molecule has 24 heavy (non-hydrogen) atoms. The summed E-state index contributed by atoms with van der Waals surface area (Å²) in [5.74, 6) is 0. The zero-order chi connectivity index (χ0) is 18.2. The molecule has 0 heterocycles. The molecule has 0 unspecified atom stereocenters. The Morgan fingerprint density at radius 3 is 1.12 bits per heavy atom. The van der Waals surface area contributed by atoms with Crippen LogP contribution in [-0.4, -0.2) is 12.6 Å². The molecule has 0 aromatic heterocycles. The molecule has 0 fully saturated rings. The highest BCUT2D eigenvalue weighted by Crippen LogP contribution is 1.99. The van der Waals surface area contributed by atoms with E-state index in [-0.39, 0.29) is 0 Å². The minimum Gasteiger partial charge on any atom is -0.298 e. The SMILES string of the molecule is C\C(C=O)=C/C=C/C(C)=C/C=C/C=C/C=C(C)/C=C/C=C(\C)C=O. The van der Waals surface area contributed by atoms with Crippen LogP contribution >= 0.6 is 0 Å². The monoisotopic (exact) mass is 322 g/mol. The maximum Gasteiger partial charge on any atom is 0.145 e. The third-order valence-corrected chi connectivity index (χ3v) is 2.86. The van der Waals surface area contributed by atoms with E-state index >= 15 is 0 Å². The minimum absolute atomic E-state index is 0.700. The van der Waals surface area contributed by atoms with Crippen molar-refractivity contribution in [3.8, 4) is 0 Å². The van der Waals surface area contributed by atoms with E-state index in [1.54, 1.807) is 26.0 Å². The van der Waals surface area contributed by atoms with E-state index in [2.05, 4.69) is 0 Å². The van der Waals surface area contributed by atoms with Gasteiger partial charge in [-0.05, 0) is 38.8 Å². The lowest BCUT2D eigenvalue weighted by Gasteiger charge is -1.88. The van der Waals surface area contributed by atoms with Crippen LogP contribution in [0.5, 0.6) is 0 Å². The minimum atomic E-state index is 0.700. The van der Waals surface area contributed by atoms with Crippen molar-refractivity contribution in [2.45, 2.75) is 27.7 Å². The molecule has 0 saturated carbocycles. The predicted molar refractivity (Wildman–Crippen MR) is 104 cm³/mol. The van der Waals surface area contributed by atoms with Crippen molar-refractivity contribution in [2.24, 2.45) is 0 Å². The van der Waals surface area contributed by atoms with Crippen molar-refractivity contribution in [1.82, 2.24) is 0 Å². The second kappa shape index (κ2) is 13.9. The Balaban J connectivity index is 4.46. The van der Waals surface area contributed by atoms with Crippen molar-refractivity contribution < 1.29 is 9.59 Å². The van der Waals surface area contributed by atoms with Gasteiger partial charge in [0.1, 0.15) is 12.6 Å². The van der Waals surface area contributed by atoms with Gasteiger partial charge < -0.3 is 0 Å². The van der Waals surface area contributed by atoms with Crippen LogP contribution in [-0.2, 0) is 9.59 Å². The fraction of sp³-hybridized carbons (Fsp3) is 0.182. The molecule has 0 aliphatic rings. The molecule has 0 N–H and O–H groups in total. The van der Waals surface area contributed by atoms with Gasteiger partial charge in [0.15, 0.2) is 0 Å². The Morgan fingerprint density at radius 1 is 0.458 bits per heavy atom. The van der Waals surface area contributed by atoms with Crippen LogP contribution in [0.4, 0.5) is 0 Å². The van der Waals surface area contributed by atoms with Crippen molar-refractivity contribution in [1.29, 1.82) is 0 Å². The number of hydrogen-bond acceptors (Lipinski definition) is 2. The maximum absolute atomic E-state index is 10.4.